The fourth-order valence-corrected chi connectivity index (χ4v) is 0.222. The highest BCUT2D eigenvalue weighted by Crippen LogP contribution is 2.09. The summed E-state index contributed by atoms with van der Waals surface area (Å²) < 4.78 is 0. The highest BCUT2D eigenvalue weighted by molar-refractivity contribution is 5.79. The molecule has 0 spiro atoms. The number of carbonyl (C=O) groups is 1. The van der Waals surface area contributed by atoms with Crippen molar-refractivity contribution in [3.05, 3.63) is 24.3 Å². The lowest BCUT2D eigenvalue weighted by Gasteiger charge is -2.10. The average molecular weight is 183 g/mol. The second-order valence-electron chi connectivity index (χ2n) is 3.67. The molecule has 0 aromatic carbocycles. The van der Waals surface area contributed by atoms with Gasteiger partial charge in [0.05, 0.1) is 0 Å². The molecule has 0 aliphatic heterocycles. The Labute approximate surface area is 81.5 Å². The summed E-state index contributed by atoms with van der Waals surface area (Å²) in [4.78, 5) is 10.2. The Hall–Kier alpha value is -1.05. The second-order valence-corrected chi connectivity index (χ2v) is 3.67. The Morgan fingerprint density at radius 1 is 1.08 bits per heavy atom. The Morgan fingerprint density at radius 2 is 1.31 bits per heavy atom. The van der Waals surface area contributed by atoms with Crippen LogP contribution in [0.5, 0.6) is 0 Å². The van der Waals surface area contributed by atoms with Crippen molar-refractivity contribution in [2.75, 3.05) is 0 Å². The summed E-state index contributed by atoms with van der Waals surface area (Å²) in [6.45, 7) is 9.36. The first-order valence-corrected chi connectivity index (χ1v) is 4.40. The lowest BCUT2D eigenvalue weighted by molar-refractivity contribution is -0.125. The lowest BCUT2D eigenvalue weighted by atomic mass is 9.96. The van der Waals surface area contributed by atoms with Crippen LogP contribution in [0.4, 0.5) is 0 Å². The molecule has 0 atom stereocenters. The normalized spacial score (nSPS) is 11.5. The van der Waals surface area contributed by atoms with Crippen molar-refractivity contribution in [1.82, 2.24) is 0 Å². The SMILES string of the molecule is CC(C)(C)C(N)=O.CC=CC=CC. The van der Waals surface area contributed by atoms with Crippen LogP contribution in [0.25, 0.3) is 0 Å². The zero-order valence-electron chi connectivity index (χ0n) is 9.29. The third-order valence-electron chi connectivity index (χ3n) is 1.24. The maximum Gasteiger partial charge on any atom is 0.222 e. The number of rotatable bonds is 1. The van der Waals surface area contributed by atoms with Crippen molar-refractivity contribution in [2.24, 2.45) is 11.1 Å². The molecule has 0 aliphatic rings. The van der Waals surface area contributed by atoms with Crippen LogP contribution >= 0.6 is 0 Å². The minimum atomic E-state index is -0.361. The molecular weight excluding hydrogens is 162 g/mol. The van der Waals surface area contributed by atoms with Gasteiger partial charge in [-0.25, -0.2) is 0 Å². The van der Waals surface area contributed by atoms with Gasteiger partial charge in [-0.05, 0) is 13.8 Å². The highest BCUT2D eigenvalue weighted by atomic mass is 16.1. The Bertz CT molecular complexity index is 175. The zero-order valence-corrected chi connectivity index (χ0v) is 9.29. The number of carbonyl (C=O) groups excluding carboxylic acids is 1. The van der Waals surface area contributed by atoms with E-state index >= 15 is 0 Å². The molecule has 0 aromatic rings. The first kappa shape index (κ1) is 14.5. The van der Waals surface area contributed by atoms with Crippen LogP contribution in [-0.2, 0) is 4.79 Å². The number of hydrogen-bond acceptors (Lipinski definition) is 1. The molecule has 0 saturated carbocycles. The fourth-order valence-electron chi connectivity index (χ4n) is 0.222. The van der Waals surface area contributed by atoms with Crippen LogP contribution < -0.4 is 5.73 Å². The summed E-state index contributed by atoms with van der Waals surface area (Å²) in [5.41, 5.74) is 4.57. The molecule has 0 bridgehead atoms. The standard InChI is InChI=1S/C6H10.C5H11NO/c1-3-5-6-4-2;1-5(2,3)4(6)7/h3-6H,1-2H3;1-3H3,(H2,6,7). The topological polar surface area (TPSA) is 43.1 Å². The van der Waals surface area contributed by atoms with Crippen molar-refractivity contribution in [1.29, 1.82) is 0 Å². The van der Waals surface area contributed by atoms with Crippen LogP contribution in [0, 0.1) is 5.41 Å². The van der Waals surface area contributed by atoms with Gasteiger partial charge >= 0.3 is 0 Å². The fraction of sp³-hybridized carbons (Fsp3) is 0.545. The van der Waals surface area contributed by atoms with E-state index < -0.39 is 0 Å². The molecule has 13 heavy (non-hydrogen) atoms. The molecule has 0 saturated heterocycles. The van der Waals surface area contributed by atoms with E-state index in [1.165, 1.54) is 0 Å². The van der Waals surface area contributed by atoms with E-state index in [1.807, 2.05) is 38.2 Å². The summed E-state index contributed by atoms with van der Waals surface area (Å²) in [6, 6.07) is 0. The third-order valence-corrected chi connectivity index (χ3v) is 1.24. The van der Waals surface area contributed by atoms with Crippen LogP contribution in [0.1, 0.15) is 34.6 Å². The number of amides is 1. The van der Waals surface area contributed by atoms with Crippen LogP contribution in [0.2, 0.25) is 0 Å². The first-order valence-electron chi connectivity index (χ1n) is 4.40. The van der Waals surface area contributed by atoms with Gasteiger partial charge in [0.2, 0.25) is 5.91 Å². The van der Waals surface area contributed by atoms with Crippen molar-refractivity contribution < 1.29 is 4.79 Å². The average Bonchev–Trinajstić information content (AvgIpc) is 2.00. The number of hydrogen-bond donors (Lipinski definition) is 1. The summed E-state index contributed by atoms with van der Waals surface area (Å²) in [6.07, 6.45) is 8.00. The number of nitrogens with two attached hydrogens (primary N) is 1. The van der Waals surface area contributed by atoms with E-state index in [-0.39, 0.29) is 11.3 Å². The molecule has 0 aliphatic carbocycles. The molecule has 0 fully saturated rings. The minimum absolute atomic E-state index is 0.257. The van der Waals surface area contributed by atoms with Crippen molar-refractivity contribution in [3.8, 4) is 0 Å². The third kappa shape index (κ3) is 13.9. The molecule has 0 radical (unpaired) electrons. The van der Waals surface area contributed by atoms with E-state index in [4.69, 9.17) is 5.73 Å². The molecule has 2 heteroatoms. The smallest absolute Gasteiger partial charge is 0.222 e. The summed E-state index contributed by atoms with van der Waals surface area (Å²) >= 11 is 0. The Balaban J connectivity index is 0. The maximum atomic E-state index is 10.2. The van der Waals surface area contributed by atoms with E-state index in [0.29, 0.717) is 0 Å². The summed E-state index contributed by atoms with van der Waals surface area (Å²) in [7, 11) is 0. The van der Waals surface area contributed by atoms with Crippen molar-refractivity contribution >= 4 is 5.91 Å². The van der Waals surface area contributed by atoms with Gasteiger partial charge in [0.1, 0.15) is 0 Å². The Morgan fingerprint density at radius 3 is 1.38 bits per heavy atom. The predicted molar refractivity (Wildman–Crippen MR) is 58.3 cm³/mol. The molecule has 1 amide bonds. The summed E-state index contributed by atoms with van der Waals surface area (Å²) in [5.74, 6) is -0.257. The van der Waals surface area contributed by atoms with E-state index in [0.717, 1.165) is 0 Å². The van der Waals surface area contributed by atoms with Crippen molar-refractivity contribution in [3.63, 3.8) is 0 Å². The molecule has 2 N–H and O–H groups in total. The van der Waals surface area contributed by atoms with Gasteiger partial charge < -0.3 is 5.73 Å². The lowest BCUT2D eigenvalue weighted by Crippen LogP contribution is -2.27. The van der Waals surface area contributed by atoms with Crippen LogP contribution in [0.15, 0.2) is 24.3 Å². The van der Waals surface area contributed by atoms with Gasteiger partial charge in [0, 0.05) is 5.41 Å². The zero-order chi connectivity index (χ0) is 10.9. The van der Waals surface area contributed by atoms with Gasteiger partial charge in [-0.3, -0.25) is 4.79 Å². The monoisotopic (exact) mass is 183 g/mol. The quantitative estimate of drug-likeness (QED) is 0.624. The van der Waals surface area contributed by atoms with Gasteiger partial charge in [-0.15, -0.1) is 0 Å². The molecular formula is C11H21NO. The molecule has 0 rings (SSSR count). The number of primary amides is 1. The van der Waals surface area contributed by atoms with Gasteiger partial charge in [0.15, 0.2) is 0 Å². The molecule has 0 aromatic heterocycles. The first-order chi connectivity index (χ1) is 5.86. The maximum absolute atomic E-state index is 10.2. The van der Waals surface area contributed by atoms with E-state index in [2.05, 4.69) is 0 Å². The van der Waals surface area contributed by atoms with Crippen molar-refractivity contribution in [2.45, 2.75) is 34.6 Å². The van der Waals surface area contributed by atoms with Crippen LogP contribution in [0.3, 0.4) is 0 Å². The summed E-state index contributed by atoms with van der Waals surface area (Å²) in [5, 5.41) is 0. The van der Waals surface area contributed by atoms with Gasteiger partial charge in [-0.1, -0.05) is 45.1 Å². The molecule has 0 unspecified atom stereocenters. The van der Waals surface area contributed by atoms with Crippen LogP contribution in [-0.4, -0.2) is 5.91 Å². The van der Waals surface area contributed by atoms with Gasteiger partial charge in [0.25, 0.3) is 0 Å². The van der Waals surface area contributed by atoms with E-state index in [1.54, 1.807) is 20.8 Å². The minimum Gasteiger partial charge on any atom is -0.369 e. The highest BCUT2D eigenvalue weighted by Gasteiger charge is 2.16. The van der Waals surface area contributed by atoms with Gasteiger partial charge in [-0.2, -0.15) is 0 Å². The molecule has 76 valence electrons. The second kappa shape index (κ2) is 7.59. The molecule has 2 nitrogen and oxygen atoms in total. The molecule has 0 heterocycles. The largest absolute Gasteiger partial charge is 0.369 e. The Kier molecular flexibility index (Phi) is 8.45. The predicted octanol–water partition coefficient (Wildman–Crippen LogP) is 2.66. The number of allylic oxidation sites excluding steroid dienone is 4. The van der Waals surface area contributed by atoms with E-state index in [9.17, 15) is 4.79 Å².